The van der Waals surface area contributed by atoms with E-state index in [1.807, 2.05) is 128 Å². The molecule has 1 atom stereocenters. The zero-order valence-electron chi connectivity index (χ0n) is 19.0. The molecule has 1 amide bonds. The second-order valence-corrected chi connectivity index (χ2v) is 8.45. The first-order chi connectivity index (χ1) is 16.5. The second-order valence-electron chi connectivity index (χ2n) is 8.45. The van der Waals surface area contributed by atoms with Gasteiger partial charge in [0.05, 0.1) is 5.41 Å². The molecule has 0 bridgehead atoms. The van der Waals surface area contributed by atoms with Crippen molar-refractivity contribution in [2.45, 2.75) is 24.3 Å². The topological polar surface area (TPSA) is 66.4 Å². The highest BCUT2D eigenvalue weighted by Gasteiger charge is 2.41. The predicted molar refractivity (Wildman–Crippen MR) is 134 cm³/mol. The smallest absolute Gasteiger partial charge is 0.327 e. The Kier molecular flexibility index (Phi) is 6.88. The fourth-order valence-corrected chi connectivity index (χ4v) is 4.44. The number of carboxylic acids is 1. The molecular formula is C30H27NO3. The molecular weight excluding hydrogens is 422 g/mol. The van der Waals surface area contributed by atoms with E-state index >= 15 is 0 Å². The molecule has 0 unspecified atom stereocenters. The van der Waals surface area contributed by atoms with E-state index in [9.17, 15) is 14.7 Å². The summed E-state index contributed by atoms with van der Waals surface area (Å²) in [4.78, 5) is 26.6. The second kappa shape index (κ2) is 10.2. The molecule has 170 valence electrons. The number of hydrogen-bond acceptors (Lipinski definition) is 2. The SMILES string of the molecule is CC(C(=O)N[C@H](C(=O)O)C(c1ccccc1)c1ccccc1)(c1ccccc1)c1ccccc1. The lowest BCUT2D eigenvalue weighted by Gasteiger charge is -2.33. The van der Waals surface area contributed by atoms with Crippen LogP contribution in [0.1, 0.15) is 35.1 Å². The van der Waals surface area contributed by atoms with E-state index < -0.39 is 23.3 Å². The van der Waals surface area contributed by atoms with Crippen molar-refractivity contribution in [1.29, 1.82) is 0 Å². The quantitative estimate of drug-likeness (QED) is 0.379. The summed E-state index contributed by atoms with van der Waals surface area (Å²) < 4.78 is 0. The van der Waals surface area contributed by atoms with E-state index in [1.54, 1.807) is 0 Å². The lowest BCUT2D eigenvalue weighted by molar-refractivity contribution is -0.142. The summed E-state index contributed by atoms with van der Waals surface area (Å²) in [7, 11) is 0. The van der Waals surface area contributed by atoms with Gasteiger partial charge in [-0.25, -0.2) is 4.79 Å². The number of nitrogens with one attached hydrogen (secondary N) is 1. The van der Waals surface area contributed by atoms with Crippen molar-refractivity contribution in [3.63, 3.8) is 0 Å². The number of rotatable bonds is 8. The third-order valence-electron chi connectivity index (χ3n) is 6.36. The number of carbonyl (C=O) groups is 2. The molecule has 4 aromatic rings. The first kappa shape index (κ1) is 23.0. The van der Waals surface area contributed by atoms with Crippen molar-refractivity contribution in [3.05, 3.63) is 144 Å². The average molecular weight is 450 g/mol. The Bertz CT molecular complexity index is 1150. The van der Waals surface area contributed by atoms with E-state index in [-0.39, 0.29) is 5.91 Å². The molecule has 0 spiro atoms. The van der Waals surface area contributed by atoms with Crippen LogP contribution in [0.4, 0.5) is 0 Å². The minimum absolute atomic E-state index is 0.367. The number of benzene rings is 4. The fourth-order valence-electron chi connectivity index (χ4n) is 4.44. The van der Waals surface area contributed by atoms with Gasteiger partial charge < -0.3 is 10.4 Å². The van der Waals surface area contributed by atoms with Gasteiger partial charge in [0.25, 0.3) is 0 Å². The Morgan fingerprint density at radius 1 is 0.647 bits per heavy atom. The van der Waals surface area contributed by atoms with Crippen molar-refractivity contribution >= 4 is 11.9 Å². The van der Waals surface area contributed by atoms with E-state index in [2.05, 4.69) is 5.32 Å². The van der Waals surface area contributed by atoms with Gasteiger partial charge in [0.15, 0.2) is 0 Å². The molecule has 0 aliphatic heterocycles. The molecule has 4 nitrogen and oxygen atoms in total. The summed E-state index contributed by atoms with van der Waals surface area (Å²) in [6.07, 6.45) is 0. The van der Waals surface area contributed by atoms with Crippen LogP contribution in [0.15, 0.2) is 121 Å². The van der Waals surface area contributed by atoms with Gasteiger partial charge in [0.2, 0.25) is 5.91 Å². The maximum absolute atomic E-state index is 14.0. The maximum atomic E-state index is 14.0. The monoisotopic (exact) mass is 449 g/mol. The Labute approximate surface area is 199 Å². The van der Waals surface area contributed by atoms with E-state index in [4.69, 9.17) is 0 Å². The molecule has 0 aliphatic rings. The molecule has 0 aromatic heterocycles. The number of carboxylic acid groups (broad SMARTS) is 1. The van der Waals surface area contributed by atoms with E-state index in [0.717, 1.165) is 22.3 Å². The number of aliphatic carboxylic acids is 1. The highest BCUT2D eigenvalue weighted by molar-refractivity contribution is 5.94. The van der Waals surface area contributed by atoms with E-state index in [0.29, 0.717) is 0 Å². The van der Waals surface area contributed by atoms with Crippen LogP contribution >= 0.6 is 0 Å². The zero-order chi connectivity index (χ0) is 24.0. The Hall–Kier alpha value is -4.18. The summed E-state index contributed by atoms with van der Waals surface area (Å²) in [5.41, 5.74) is 2.15. The molecule has 34 heavy (non-hydrogen) atoms. The third kappa shape index (κ3) is 4.62. The molecule has 4 aromatic carbocycles. The lowest BCUT2D eigenvalue weighted by atomic mass is 9.74. The Balaban J connectivity index is 1.79. The largest absolute Gasteiger partial charge is 0.480 e. The van der Waals surface area contributed by atoms with Gasteiger partial charge in [0, 0.05) is 5.92 Å². The van der Waals surface area contributed by atoms with Crippen LogP contribution in [-0.2, 0) is 15.0 Å². The summed E-state index contributed by atoms with van der Waals surface area (Å²) in [5.74, 6) is -2.01. The number of hydrogen-bond donors (Lipinski definition) is 2. The predicted octanol–water partition coefficient (Wildman–Crippen LogP) is 5.39. The number of amides is 1. The van der Waals surface area contributed by atoms with Gasteiger partial charge in [-0.1, -0.05) is 121 Å². The van der Waals surface area contributed by atoms with Crippen LogP contribution in [-0.4, -0.2) is 23.0 Å². The van der Waals surface area contributed by atoms with Crippen molar-refractivity contribution in [2.24, 2.45) is 0 Å². The molecule has 4 heteroatoms. The van der Waals surface area contributed by atoms with E-state index in [1.165, 1.54) is 0 Å². The molecule has 0 saturated heterocycles. The minimum Gasteiger partial charge on any atom is -0.480 e. The molecule has 0 radical (unpaired) electrons. The van der Waals surface area contributed by atoms with Gasteiger partial charge in [-0.05, 0) is 29.2 Å². The van der Waals surface area contributed by atoms with Gasteiger partial charge >= 0.3 is 5.97 Å². The van der Waals surface area contributed by atoms with Crippen molar-refractivity contribution in [3.8, 4) is 0 Å². The van der Waals surface area contributed by atoms with Crippen LogP contribution in [0.3, 0.4) is 0 Å². The van der Waals surface area contributed by atoms with Crippen molar-refractivity contribution < 1.29 is 14.7 Å². The Morgan fingerprint density at radius 2 is 1.00 bits per heavy atom. The van der Waals surface area contributed by atoms with Crippen molar-refractivity contribution in [1.82, 2.24) is 5.32 Å². The summed E-state index contributed by atoms with van der Waals surface area (Å²) in [6, 6.07) is 36.6. The van der Waals surface area contributed by atoms with Gasteiger partial charge in [-0.3, -0.25) is 4.79 Å². The summed E-state index contributed by atoms with van der Waals surface area (Å²) in [5, 5.41) is 13.2. The van der Waals surface area contributed by atoms with Crippen LogP contribution < -0.4 is 5.32 Å². The van der Waals surface area contributed by atoms with Crippen LogP contribution in [0.2, 0.25) is 0 Å². The molecule has 0 fully saturated rings. The highest BCUT2D eigenvalue weighted by Crippen LogP contribution is 2.34. The summed E-state index contributed by atoms with van der Waals surface area (Å²) in [6.45, 7) is 1.84. The van der Waals surface area contributed by atoms with Crippen LogP contribution in [0.5, 0.6) is 0 Å². The Morgan fingerprint density at radius 3 is 1.35 bits per heavy atom. The van der Waals surface area contributed by atoms with Crippen LogP contribution in [0, 0.1) is 0 Å². The normalized spacial score (nSPS) is 12.2. The average Bonchev–Trinajstić information content (AvgIpc) is 2.90. The standard InChI is InChI=1S/C30H27NO3/c1-30(24-18-10-4-11-19-24,25-20-12-5-13-21-25)29(34)31-27(28(32)33)26(22-14-6-2-7-15-22)23-16-8-3-9-17-23/h2-21,26-27H,1H3,(H,31,34)(H,32,33)/t27-/m0/s1. The highest BCUT2D eigenvalue weighted by atomic mass is 16.4. The first-order valence-corrected chi connectivity index (χ1v) is 11.3. The van der Waals surface area contributed by atoms with Gasteiger partial charge in [0.1, 0.15) is 6.04 Å². The molecule has 0 saturated carbocycles. The van der Waals surface area contributed by atoms with Crippen molar-refractivity contribution in [2.75, 3.05) is 0 Å². The fraction of sp³-hybridized carbons (Fsp3) is 0.133. The minimum atomic E-state index is -1.16. The molecule has 0 aliphatic carbocycles. The molecule has 0 heterocycles. The summed E-state index contributed by atoms with van der Waals surface area (Å²) >= 11 is 0. The van der Waals surface area contributed by atoms with Crippen LogP contribution in [0.25, 0.3) is 0 Å². The number of carbonyl (C=O) groups excluding carboxylic acids is 1. The zero-order valence-corrected chi connectivity index (χ0v) is 19.0. The molecule has 2 N–H and O–H groups in total. The third-order valence-corrected chi connectivity index (χ3v) is 6.36. The lowest BCUT2D eigenvalue weighted by Crippen LogP contribution is -2.52. The first-order valence-electron chi connectivity index (χ1n) is 11.3. The van der Waals surface area contributed by atoms with Gasteiger partial charge in [-0.15, -0.1) is 0 Å². The molecule has 4 rings (SSSR count). The maximum Gasteiger partial charge on any atom is 0.327 e. The van der Waals surface area contributed by atoms with Gasteiger partial charge in [-0.2, -0.15) is 0 Å².